The number of rotatable bonds is 3. The van der Waals surface area contributed by atoms with Gasteiger partial charge in [-0.3, -0.25) is 4.79 Å². The van der Waals surface area contributed by atoms with E-state index in [1.165, 1.54) is 19.2 Å². The summed E-state index contributed by atoms with van der Waals surface area (Å²) in [4.78, 5) is 12.1. The van der Waals surface area contributed by atoms with Gasteiger partial charge in [0.1, 0.15) is 0 Å². The maximum Gasteiger partial charge on any atom is 0.167 e. The number of hydrogen-bond donors (Lipinski definition) is 1. The largest absolute Gasteiger partial charge is 0.494 e. The Kier molecular flexibility index (Phi) is 3.74. The predicted octanol–water partition coefficient (Wildman–Crippen LogP) is 2.02. The lowest BCUT2D eigenvalue weighted by molar-refractivity contribution is 0.0899. The quantitative estimate of drug-likeness (QED) is 0.817. The van der Waals surface area contributed by atoms with E-state index >= 15 is 0 Å². The van der Waals surface area contributed by atoms with Crippen LogP contribution in [0.3, 0.4) is 0 Å². The molecule has 0 radical (unpaired) electrons. The lowest BCUT2D eigenvalue weighted by Gasteiger charge is -2.21. The van der Waals surface area contributed by atoms with Crippen molar-refractivity contribution in [1.82, 2.24) is 5.32 Å². The van der Waals surface area contributed by atoms with Gasteiger partial charge in [-0.05, 0) is 37.6 Å². The molecule has 0 aliphatic carbocycles. The summed E-state index contributed by atoms with van der Waals surface area (Å²) in [5.41, 5.74) is 0.428. The number of ketones is 1. The monoisotopic (exact) mass is 237 g/mol. The molecule has 0 bridgehead atoms. The van der Waals surface area contributed by atoms with Gasteiger partial charge < -0.3 is 10.1 Å². The highest BCUT2D eigenvalue weighted by Gasteiger charge is 2.22. The summed E-state index contributed by atoms with van der Waals surface area (Å²) >= 11 is 0. The van der Waals surface area contributed by atoms with Crippen LogP contribution in [0.5, 0.6) is 5.75 Å². The first kappa shape index (κ1) is 12.0. The molecule has 1 aliphatic rings. The topological polar surface area (TPSA) is 38.3 Å². The van der Waals surface area contributed by atoms with Crippen LogP contribution >= 0.6 is 0 Å². The number of ether oxygens (including phenoxy) is 1. The molecule has 1 saturated heterocycles. The summed E-state index contributed by atoms with van der Waals surface area (Å²) in [6, 6.07) is 4.38. The van der Waals surface area contributed by atoms with E-state index in [2.05, 4.69) is 5.32 Å². The number of nitrogens with one attached hydrogen (secondary N) is 1. The first-order valence-corrected chi connectivity index (χ1v) is 5.81. The van der Waals surface area contributed by atoms with Crippen molar-refractivity contribution in [2.45, 2.75) is 12.8 Å². The summed E-state index contributed by atoms with van der Waals surface area (Å²) in [6.45, 7) is 1.65. The van der Waals surface area contributed by atoms with Gasteiger partial charge in [-0.15, -0.1) is 0 Å². The van der Waals surface area contributed by atoms with Gasteiger partial charge >= 0.3 is 0 Å². The molecular formula is C13H16FNO2. The minimum Gasteiger partial charge on any atom is -0.494 e. The zero-order valence-electron chi connectivity index (χ0n) is 9.83. The summed E-state index contributed by atoms with van der Waals surface area (Å²) in [6.07, 6.45) is 1.87. The molecule has 4 heteroatoms. The molecule has 1 aromatic rings. The van der Waals surface area contributed by atoms with Crippen molar-refractivity contribution >= 4 is 5.78 Å². The van der Waals surface area contributed by atoms with E-state index in [0.29, 0.717) is 12.1 Å². The first-order chi connectivity index (χ1) is 8.22. The van der Waals surface area contributed by atoms with E-state index in [4.69, 9.17) is 4.74 Å². The van der Waals surface area contributed by atoms with Crippen LogP contribution < -0.4 is 10.1 Å². The normalized spacial score (nSPS) is 20.0. The maximum absolute atomic E-state index is 13.5. The van der Waals surface area contributed by atoms with E-state index < -0.39 is 5.82 Å². The second-order valence-electron chi connectivity index (χ2n) is 4.26. The average molecular weight is 237 g/mol. The SMILES string of the molecule is COc1ccc(C(=O)[C@@H]2CCCNC2)cc1F. The highest BCUT2D eigenvalue weighted by molar-refractivity contribution is 5.98. The van der Waals surface area contributed by atoms with Crippen LogP contribution in [0.15, 0.2) is 18.2 Å². The van der Waals surface area contributed by atoms with Crippen molar-refractivity contribution in [2.24, 2.45) is 5.92 Å². The molecule has 0 aromatic heterocycles. The molecule has 2 rings (SSSR count). The predicted molar refractivity (Wildman–Crippen MR) is 62.9 cm³/mol. The number of hydrogen-bond acceptors (Lipinski definition) is 3. The smallest absolute Gasteiger partial charge is 0.167 e. The minimum absolute atomic E-state index is 0.0127. The van der Waals surface area contributed by atoms with Crippen molar-refractivity contribution in [1.29, 1.82) is 0 Å². The molecule has 0 saturated carbocycles. The molecule has 92 valence electrons. The Bertz CT molecular complexity index is 414. The van der Waals surface area contributed by atoms with Crippen LogP contribution in [0.4, 0.5) is 4.39 Å². The van der Waals surface area contributed by atoms with Crippen molar-refractivity contribution in [3.63, 3.8) is 0 Å². The zero-order valence-corrected chi connectivity index (χ0v) is 9.83. The molecule has 1 aliphatic heterocycles. The van der Waals surface area contributed by atoms with Crippen molar-refractivity contribution in [3.05, 3.63) is 29.6 Å². The van der Waals surface area contributed by atoms with Crippen LogP contribution in [0.25, 0.3) is 0 Å². The van der Waals surface area contributed by atoms with Crippen molar-refractivity contribution < 1.29 is 13.9 Å². The number of carbonyl (C=O) groups excluding carboxylic acids is 1. The molecule has 0 spiro atoms. The number of benzene rings is 1. The van der Waals surface area contributed by atoms with E-state index in [1.54, 1.807) is 6.07 Å². The molecule has 1 aromatic carbocycles. The molecule has 1 N–H and O–H groups in total. The van der Waals surface area contributed by atoms with Gasteiger partial charge in [0.05, 0.1) is 7.11 Å². The molecule has 0 amide bonds. The highest BCUT2D eigenvalue weighted by atomic mass is 19.1. The van der Waals surface area contributed by atoms with Crippen LogP contribution in [0.2, 0.25) is 0 Å². The Labute approximate surface area is 100.0 Å². The fourth-order valence-corrected chi connectivity index (χ4v) is 2.13. The summed E-state index contributed by atoms with van der Waals surface area (Å²) in [5.74, 6) is -0.333. The Hall–Kier alpha value is -1.42. The van der Waals surface area contributed by atoms with E-state index in [-0.39, 0.29) is 17.5 Å². The van der Waals surface area contributed by atoms with E-state index in [9.17, 15) is 9.18 Å². The van der Waals surface area contributed by atoms with Crippen molar-refractivity contribution in [3.8, 4) is 5.75 Å². The van der Waals surface area contributed by atoms with Gasteiger partial charge in [0, 0.05) is 18.0 Å². The second-order valence-corrected chi connectivity index (χ2v) is 4.26. The number of Topliss-reactive ketones (excluding diaryl/α,β-unsaturated/α-hetero) is 1. The third-order valence-electron chi connectivity index (χ3n) is 3.10. The summed E-state index contributed by atoms with van der Waals surface area (Å²) in [7, 11) is 1.41. The summed E-state index contributed by atoms with van der Waals surface area (Å²) < 4.78 is 18.3. The van der Waals surface area contributed by atoms with E-state index in [0.717, 1.165) is 19.4 Å². The number of piperidine rings is 1. The third-order valence-corrected chi connectivity index (χ3v) is 3.10. The Balaban J connectivity index is 2.16. The molecule has 1 heterocycles. The second kappa shape index (κ2) is 5.27. The Morgan fingerprint density at radius 1 is 1.53 bits per heavy atom. The van der Waals surface area contributed by atoms with Gasteiger partial charge in [-0.2, -0.15) is 0 Å². The molecule has 3 nitrogen and oxygen atoms in total. The van der Waals surface area contributed by atoms with Gasteiger partial charge in [-0.1, -0.05) is 0 Å². The fourth-order valence-electron chi connectivity index (χ4n) is 2.13. The van der Waals surface area contributed by atoms with Gasteiger partial charge in [0.15, 0.2) is 17.3 Å². The van der Waals surface area contributed by atoms with Gasteiger partial charge in [-0.25, -0.2) is 4.39 Å². The molecular weight excluding hydrogens is 221 g/mol. The third kappa shape index (κ3) is 2.64. The van der Waals surface area contributed by atoms with Crippen LogP contribution in [0.1, 0.15) is 23.2 Å². The van der Waals surface area contributed by atoms with Crippen LogP contribution in [0, 0.1) is 11.7 Å². The summed E-state index contributed by atoms with van der Waals surface area (Å²) in [5, 5.41) is 3.18. The Morgan fingerprint density at radius 2 is 2.35 bits per heavy atom. The fraction of sp³-hybridized carbons (Fsp3) is 0.462. The molecule has 1 fully saturated rings. The number of carbonyl (C=O) groups is 1. The maximum atomic E-state index is 13.5. The number of methoxy groups -OCH3 is 1. The van der Waals surface area contributed by atoms with Gasteiger partial charge in [0.2, 0.25) is 0 Å². The molecule has 17 heavy (non-hydrogen) atoms. The standard InChI is InChI=1S/C13H16FNO2/c1-17-12-5-4-9(7-11(12)14)13(16)10-3-2-6-15-8-10/h4-5,7,10,15H,2-3,6,8H2,1H3/t10-/m1/s1. The first-order valence-electron chi connectivity index (χ1n) is 5.81. The average Bonchev–Trinajstić information content (AvgIpc) is 2.39. The van der Waals surface area contributed by atoms with Crippen LogP contribution in [-0.4, -0.2) is 26.0 Å². The van der Waals surface area contributed by atoms with Crippen LogP contribution in [-0.2, 0) is 0 Å². The molecule has 0 unspecified atom stereocenters. The van der Waals surface area contributed by atoms with Gasteiger partial charge in [0.25, 0.3) is 0 Å². The Morgan fingerprint density at radius 3 is 2.94 bits per heavy atom. The molecule has 1 atom stereocenters. The zero-order chi connectivity index (χ0) is 12.3. The number of halogens is 1. The lowest BCUT2D eigenvalue weighted by atomic mass is 9.91. The minimum atomic E-state index is -0.484. The lowest BCUT2D eigenvalue weighted by Crippen LogP contribution is -2.34. The highest BCUT2D eigenvalue weighted by Crippen LogP contribution is 2.21. The van der Waals surface area contributed by atoms with Crippen molar-refractivity contribution in [2.75, 3.05) is 20.2 Å². The van der Waals surface area contributed by atoms with E-state index in [1.807, 2.05) is 0 Å².